The standard InChI is InChI=1S/C14H9F3N2OS/c15-14(16,17)9-7-8(18)5-6-12(9)21-13-19-10-3-1-2-4-11(10)20-13/h1-7H,18H2. The Morgan fingerprint density at radius 2 is 1.86 bits per heavy atom. The zero-order valence-corrected chi connectivity index (χ0v) is 11.3. The minimum atomic E-state index is -4.48. The number of nitrogens with two attached hydrogens (primary N) is 1. The molecule has 0 unspecified atom stereocenters. The minimum Gasteiger partial charge on any atom is -0.431 e. The largest absolute Gasteiger partial charge is 0.431 e. The van der Waals surface area contributed by atoms with Crippen LogP contribution in [-0.4, -0.2) is 4.98 Å². The van der Waals surface area contributed by atoms with E-state index < -0.39 is 11.7 Å². The maximum Gasteiger partial charge on any atom is 0.417 e. The minimum absolute atomic E-state index is 0.00301. The molecule has 0 saturated carbocycles. The van der Waals surface area contributed by atoms with Crippen LogP contribution in [0.3, 0.4) is 0 Å². The molecular formula is C14H9F3N2OS. The topological polar surface area (TPSA) is 52.0 Å². The Labute approximate surface area is 122 Å². The van der Waals surface area contributed by atoms with E-state index in [1.165, 1.54) is 12.1 Å². The maximum absolute atomic E-state index is 13.0. The van der Waals surface area contributed by atoms with Gasteiger partial charge in [0, 0.05) is 10.6 Å². The van der Waals surface area contributed by atoms with Gasteiger partial charge >= 0.3 is 6.18 Å². The molecule has 108 valence electrons. The van der Waals surface area contributed by atoms with Crippen molar-refractivity contribution in [2.75, 3.05) is 5.73 Å². The molecule has 3 nitrogen and oxygen atoms in total. The molecule has 0 saturated heterocycles. The fraction of sp³-hybridized carbons (Fsp3) is 0.0714. The number of nitrogen functional groups attached to an aromatic ring is 1. The lowest BCUT2D eigenvalue weighted by atomic mass is 10.2. The average Bonchev–Trinajstić information content (AvgIpc) is 2.82. The van der Waals surface area contributed by atoms with Crippen LogP contribution < -0.4 is 5.73 Å². The predicted molar refractivity (Wildman–Crippen MR) is 74.0 cm³/mol. The van der Waals surface area contributed by atoms with Crippen molar-refractivity contribution in [3.63, 3.8) is 0 Å². The van der Waals surface area contributed by atoms with Crippen LogP contribution >= 0.6 is 11.8 Å². The molecule has 0 aliphatic rings. The van der Waals surface area contributed by atoms with Crippen molar-refractivity contribution in [3.8, 4) is 0 Å². The number of anilines is 1. The van der Waals surface area contributed by atoms with Crippen molar-refractivity contribution in [2.45, 2.75) is 16.3 Å². The van der Waals surface area contributed by atoms with Gasteiger partial charge in [-0.1, -0.05) is 12.1 Å². The van der Waals surface area contributed by atoms with E-state index in [4.69, 9.17) is 10.2 Å². The number of benzene rings is 2. The number of oxazole rings is 1. The highest BCUT2D eigenvalue weighted by Gasteiger charge is 2.34. The van der Waals surface area contributed by atoms with E-state index in [2.05, 4.69) is 4.98 Å². The molecule has 2 aromatic carbocycles. The van der Waals surface area contributed by atoms with Crippen molar-refractivity contribution in [3.05, 3.63) is 48.0 Å². The summed E-state index contributed by atoms with van der Waals surface area (Å²) in [6.45, 7) is 0. The molecule has 0 bridgehead atoms. The zero-order valence-electron chi connectivity index (χ0n) is 10.5. The van der Waals surface area contributed by atoms with Gasteiger partial charge < -0.3 is 10.2 Å². The quantitative estimate of drug-likeness (QED) is 0.704. The van der Waals surface area contributed by atoms with Gasteiger partial charge in [-0.25, -0.2) is 4.98 Å². The predicted octanol–water partition coefficient (Wildman–Crippen LogP) is 4.58. The summed E-state index contributed by atoms with van der Waals surface area (Å²) in [7, 11) is 0. The smallest absolute Gasteiger partial charge is 0.417 e. The van der Waals surface area contributed by atoms with Crippen LogP contribution in [0.2, 0.25) is 0 Å². The van der Waals surface area contributed by atoms with Gasteiger partial charge in [-0.15, -0.1) is 0 Å². The monoisotopic (exact) mass is 310 g/mol. The third-order valence-corrected chi connectivity index (χ3v) is 3.71. The second kappa shape index (κ2) is 5.00. The second-order valence-electron chi connectivity index (χ2n) is 4.30. The van der Waals surface area contributed by atoms with Gasteiger partial charge in [0.25, 0.3) is 5.22 Å². The highest BCUT2D eigenvalue weighted by atomic mass is 32.2. The third kappa shape index (κ3) is 2.82. The summed E-state index contributed by atoms with van der Waals surface area (Å²) in [6.07, 6.45) is -4.48. The Hall–Kier alpha value is -2.15. The van der Waals surface area contributed by atoms with E-state index >= 15 is 0 Å². The highest BCUT2D eigenvalue weighted by molar-refractivity contribution is 7.99. The third-order valence-electron chi connectivity index (χ3n) is 2.78. The summed E-state index contributed by atoms with van der Waals surface area (Å²) in [5.41, 5.74) is 5.83. The van der Waals surface area contributed by atoms with Crippen LogP contribution in [0, 0.1) is 0 Å². The van der Waals surface area contributed by atoms with E-state index in [1.807, 2.05) is 0 Å². The number of para-hydroxylation sites is 2. The Kier molecular flexibility index (Phi) is 3.29. The first-order valence-electron chi connectivity index (χ1n) is 5.93. The van der Waals surface area contributed by atoms with Gasteiger partial charge in [-0.05, 0) is 42.1 Å². The molecule has 0 atom stereocenters. The number of hydrogen-bond acceptors (Lipinski definition) is 4. The molecule has 0 aliphatic heterocycles. The fourth-order valence-electron chi connectivity index (χ4n) is 1.85. The number of halogens is 3. The van der Waals surface area contributed by atoms with Crippen LogP contribution in [0.15, 0.2) is 57.0 Å². The summed E-state index contributed by atoms with van der Waals surface area (Å²) in [4.78, 5) is 4.15. The Balaban J connectivity index is 2.01. The normalized spacial score (nSPS) is 12.0. The second-order valence-corrected chi connectivity index (χ2v) is 5.30. The molecule has 3 rings (SSSR count). The fourth-order valence-corrected chi connectivity index (χ4v) is 2.73. The molecule has 0 amide bonds. The molecule has 1 aromatic heterocycles. The summed E-state index contributed by atoms with van der Waals surface area (Å²) in [6, 6.07) is 10.6. The summed E-state index contributed by atoms with van der Waals surface area (Å²) < 4.78 is 44.5. The first-order chi connectivity index (χ1) is 9.93. The molecule has 0 aliphatic carbocycles. The number of nitrogens with zero attached hydrogens (tertiary/aromatic N) is 1. The first kappa shape index (κ1) is 13.8. The van der Waals surface area contributed by atoms with E-state index in [0.717, 1.165) is 17.8 Å². The lowest BCUT2D eigenvalue weighted by Crippen LogP contribution is -2.07. The number of aromatic nitrogens is 1. The molecule has 7 heteroatoms. The van der Waals surface area contributed by atoms with E-state index in [-0.39, 0.29) is 15.8 Å². The van der Waals surface area contributed by atoms with Crippen LogP contribution in [0.1, 0.15) is 5.56 Å². The number of fused-ring (bicyclic) bond motifs is 1. The summed E-state index contributed by atoms with van der Waals surface area (Å²) in [5, 5.41) is 0.159. The summed E-state index contributed by atoms with van der Waals surface area (Å²) >= 11 is 0.822. The molecule has 1 heterocycles. The molecule has 0 fully saturated rings. The molecule has 3 aromatic rings. The lowest BCUT2D eigenvalue weighted by Gasteiger charge is -2.11. The van der Waals surface area contributed by atoms with Crippen LogP contribution in [0.5, 0.6) is 0 Å². The Morgan fingerprint density at radius 3 is 2.57 bits per heavy atom. The van der Waals surface area contributed by atoms with Crippen molar-refractivity contribution in [1.82, 2.24) is 4.98 Å². The average molecular weight is 310 g/mol. The Morgan fingerprint density at radius 1 is 1.10 bits per heavy atom. The lowest BCUT2D eigenvalue weighted by molar-refractivity contribution is -0.139. The number of hydrogen-bond donors (Lipinski definition) is 1. The van der Waals surface area contributed by atoms with Gasteiger partial charge in [0.05, 0.1) is 5.56 Å². The van der Waals surface area contributed by atoms with E-state index in [1.54, 1.807) is 24.3 Å². The van der Waals surface area contributed by atoms with Gasteiger partial charge in [0.1, 0.15) is 5.52 Å². The molecule has 0 radical (unpaired) electrons. The van der Waals surface area contributed by atoms with Crippen molar-refractivity contribution < 1.29 is 17.6 Å². The van der Waals surface area contributed by atoms with Crippen molar-refractivity contribution >= 4 is 28.5 Å². The highest BCUT2D eigenvalue weighted by Crippen LogP contribution is 2.40. The molecule has 0 spiro atoms. The summed E-state index contributed by atoms with van der Waals surface area (Å²) in [5.74, 6) is 0. The number of rotatable bonds is 2. The van der Waals surface area contributed by atoms with Gasteiger partial charge in [-0.3, -0.25) is 0 Å². The van der Waals surface area contributed by atoms with E-state index in [0.29, 0.717) is 11.1 Å². The van der Waals surface area contributed by atoms with Crippen LogP contribution in [0.25, 0.3) is 11.1 Å². The van der Waals surface area contributed by atoms with Crippen molar-refractivity contribution in [1.29, 1.82) is 0 Å². The zero-order chi connectivity index (χ0) is 15.0. The van der Waals surface area contributed by atoms with Crippen molar-refractivity contribution in [2.24, 2.45) is 0 Å². The van der Waals surface area contributed by atoms with Gasteiger partial charge in [0.2, 0.25) is 0 Å². The Bertz CT molecular complexity index is 765. The van der Waals surface area contributed by atoms with Crippen LogP contribution in [0.4, 0.5) is 18.9 Å². The first-order valence-corrected chi connectivity index (χ1v) is 6.75. The maximum atomic E-state index is 13.0. The molecular weight excluding hydrogens is 301 g/mol. The molecule has 21 heavy (non-hydrogen) atoms. The van der Waals surface area contributed by atoms with Gasteiger partial charge in [0.15, 0.2) is 5.58 Å². The van der Waals surface area contributed by atoms with Crippen LogP contribution in [-0.2, 0) is 6.18 Å². The van der Waals surface area contributed by atoms with Gasteiger partial charge in [-0.2, -0.15) is 13.2 Å². The molecule has 2 N–H and O–H groups in total. The van der Waals surface area contributed by atoms with E-state index in [9.17, 15) is 13.2 Å². The number of alkyl halides is 3. The SMILES string of the molecule is Nc1ccc(Sc2nc3ccccc3o2)c(C(F)(F)F)c1.